The van der Waals surface area contributed by atoms with Gasteiger partial charge in [0.2, 0.25) is 5.88 Å². The van der Waals surface area contributed by atoms with Crippen LogP contribution in [0.2, 0.25) is 10.0 Å². The fourth-order valence-electron chi connectivity index (χ4n) is 2.19. The van der Waals surface area contributed by atoms with Gasteiger partial charge < -0.3 is 4.74 Å². The van der Waals surface area contributed by atoms with E-state index in [2.05, 4.69) is 21.0 Å². The number of hydrogen-bond donors (Lipinski definition) is 0. The largest absolute Gasteiger partial charge is 0.473 e. The maximum Gasteiger partial charge on any atom is 0.435 e. The van der Waals surface area contributed by atoms with Crippen molar-refractivity contribution in [3.05, 3.63) is 74.3 Å². The van der Waals surface area contributed by atoms with Gasteiger partial charge in [0.25, 0.3) is 0 Å². The van der Waals surface area contributed by atoms with Gasteiger partial charge in [0.15, 0.2) is 5.69 Å². The van der Waals surface area contributed by atoms with Crippen molar-refractivity contribution in [3.63, 3.8) is 0 Å². The van der Waals surface area contributed by atoms with Crippen molar-refractivity contribution in [1.82, 2.24) is 9.78 Å². The van der Waals surface area contributed by atoms with Crippen molar-refractivity contribution < 1.29 is 17.9 Å². The Labute approximate surface area is 165 Å². The van der Waals surface area contributed by atoms with Crippen LogP contribution in [0, 0.1) is 0 Å². The summed E-state index contributed by atoms with van der Waals surface area (Å²) in [7, 11) is 0. The third-order valence-corrected chi connectivity index (χ3v) is 4.56. The number of aromatic nitrogens is 2. The van der Waals surface area contributed by atoms with Gasteiger partial charge in [-0.15, -0.1) is 0 Å². The molecule has 0 aliphatic rings. The van der Waals surface area contributed by atoms with Crippen LogP contribution in [0.4, 0.5) is 13.2 Å². The number of rotatable bonds is 4. The van der Waals surface area contributed by atoms with Crippen LogP contribution in [0.25, 0.3) is 5.69 Å². The van der Waals surface area contributed by atoms with Gasteiger partial charge in [0, 0.05) is 10.5 Å². The standard InChI is InChI=1S/C17H10BrCl2F3N2O/c18-11-6-4-10(5-7-11)9-26-15-8-14(17(21,22)23)24-25(15)16-12(19)2-1-3-13(16)20/h1-8H,9H2. The molecule has 1 heterocycles. The molecule has 2 aromatic carbocycles. The zero-order valence-electron chi connectivity index (χ0n) is 12.9. The highest BCUT2D eigenvalue weighted by molar-refractivity contribution is 9.10. The monoisotopic (exact) mass is 464 g/mol. The van der Waals surface area contributed by atoms with E-state index in [1.54, 1.807) is 18.2 Å². The summed E-state index contributed by atoms with van der Waals surface area (Å²) in [5.74, 6) is -0.116. The molecule has 0 fully saturated rings. The lowest BCUT2D eigenvalue weighted by Gasteiger charge is -2.12. The van der Waals surface area contributed by atoms with Crippen molar-refractivity contribution in [1.29, 1.82) is 0 Å². The van der Waals surface area contributed by atoms with Crippen LogP contribution in [0.3, 0.4) is 0 Å². The molecule has 26 heavy (non-hydrogen) atoms. The topological polar surface area (TPSA) is 27.1 Å². The Balaban J connectivity index is 2.00. The summed E-state index contributed by atoms with van der Waals surface area (Å²) in [6, 6.07) is 12.6. The SMILES string of the molecule is FC(F)(F)c1cc(OCc2ccc(Br)cc2)n(-c2c(Cl)cccc2Cl)n1. The minimum atomic E-state index is -4.63. The van der Waals surface area contributed by atoms with Crippen molar-refractivity contribution in [2.75, 3.05) is 0 Å². The predicted octanol–water partition coefficient (Wildman–Crippen LogP) is 6.54. The molecule has 0 amide bonds. The van der Waals surface area contributed by atoms with Gasteiger partial charge in [-0.05, 0) is 29.8 Å². The fourth-order valence-corrected chi connectivity index (χ4v) is 3.02. The minimum absolute atomic E-state index is 0.0539. The summed E-state index contributed by atoms with van der Waals surface area (Å²) in [4.78, 5) is 0. The fraction of sp³-hybridized carbons (Fsp3) is 0.118. The number of nitrogens with zero attached hydrogens (tertiary/aromatic N) is 2. The first-order chi connectivity index (χ1) is 12.3. The Kier molecular flexibility index (Phi) is 5.50. The van der Waals surface area contributed by atoms with Crippen LogP contribution >= 0.6 is 39.1 Å². The molecule has 3 aromatic rings. The molecule has 136 valence electrons. The first kappa shape index (κ1) is 19.1. The molecule has 0 radical (unpaired) electrons. The smallest absolute Gasteiger partial charge is 0.435 e. The lowest BCUT2D eigenvalue weighted by atomic mass is 10.2. The molecule has 0 saturated heterocycles. The summed E-state index contributed by atoms with van der Waals surface area (Å²) in [5, 5.41) is 3.90. The normalized spacial score (nSPS) is 11.6. The zero-order valence-corrected chi connectivity index (χ0v) is 16.0. The zero-order chi connectivity index (χ0) is 18.9. The molecule has 0 atom stereocenters. The molecule has 0 aliphatic heterocycles. The second kappa shape index (κ2) is 7.50. The lowest BCUT2D eigenvalue weighted by Crippen LogP contribution is -2.08. The number of hydrogen-bond acceptors (Lipinski definition) is 2. The van der Waals surface area contributed by atoms with Gasteiger partial charge in [-0.2, -0.15) is 23.0 Å². The highest BCUT2D eigenvalue weighted by atomic mass is 79.9. The third-order valence-electron chi connectivity index (χ3n) is 3.42. The number of ether oxygens (including phenoxy) is 1. The van der Waals surface area contributed by atoms with E-state index in [4.69, 9.17) is 27.9 Å². The molecule has 3 rings (SSSR count). The maximum absolute atomic E-state index is 13.1. The summed E-state index contributed by atoms with van der Waals surface area (Å²) < 4.78 is 46.7. The number of alkyl halides is 3. The van der Waals surface area contributed by atoms with Crippen molar-refractivity contribution in [2.24, 2.45) is 0 Å². The minimum Gasteiger partial charge on any atom is -0.473 e. The van der Waals surface area contributed by atoms with Gasteiger partial charge in [0.05, 0.1) is 10.0 Å². The molecule has 0 spiro atoms. The third kappa shape index (κ3) is 4.16. The van der Waals surface area contributed by atoms with Crippen molar-refractivity contribution in [2.45, 2.75) is 12.8 Å². The van der Waals surface area contributed by atoms with E-state index in [1.165, 1.54) is 12.1 Å². The van der Waals surface area contributed by atoms with Gasteiger partial charge in [0.1, 0.15) is 12.3 Å². The maximum atomic E-state index is 13.1. The summed E-state index contributed by atoms with van der Waals surface area (Å²) in [6.07, 6.45) is -4.63. The highest BCUT2D eigenvalue weighted by Gasteiger charge is 2.36. The molecule has 3 nitrogen and oxygen atoms in total. The van der Waals surface area contributed by atoms with Gasteiger partial charge >= 0.3 is 6.18 Å². The Morgan fingerprint density at radius 2 is 1.65 bits per heavy atom. The van der Waals surface area contributed by atoms with E-state index in [9.17, 15) is 13.2 Å². The van der Waals surface area contributed by atoms with E-state index in [-0.39, 0.29) is 28.2 Å². The van der Waals surface area contributed by atoms with E-state index < -0.39 is 11.9 Å². The molecule has 0 N–H and O–H groups in total. The van der Waals surface area contributed by atoms with Crippen LogP contribution in [0.1, 0.15) is 11.3 Å². The van der Waals surface area contributed by atoms with E-state index in [0.29, 0.717) is 0 Å². The Hall–Kier alpha value is -1.70. The average Bonchev–Trinajstić information content (AvgIpc) is 2.98. The quantitative estimate of drug-likeness (QED) is 0.437. The summed E-state index contributed by atoms with van der Waals surface area (Å²) in [6.45, 7) is 0.0539. The van der Waals surface area contributed by atoms with Crippen LogP contribution in [-0.4, -0.2) is 9.78 Å². The summed E-state index contributed by atoms with van der Waals surface area (Å²) in [5.41, 5.74) is -0.198. The molecule has 9 heteroatoms. The van der Waals surface area contributed by atoms with E-state index in [0.717, 1.165) is 20.8 Å². The summed E-state index contributed by atoms with van der Waals surface area (Å²) >= 11 is 15.5. The van der Waals surface area contributed by atoms with Crippen LogP contribution < -0.4 is 4.74 Å². The second-order valence-corrected chi connectivity index (χ2v) is 6.99. The Morgan fingerprint density at radius 1 is 1.04 bits per heavy atom. The molecule has 0 saturated carbocycles. The van der Waals surface area contributed by atoms with Crippen molar-refractivity contribution >= 4 is 39.1 Å². The van der Waals surface area contributed by atoms with Gasteiger partial charge in [-0.1, -0.05) is 57.3 Å². The molecule has 0 bridgehead atoms. The number of halogens is 6. The van der Waals surface area contributed by atoms with Gasteiger partial charge in [-0.3, -0.25) is 0 Å². The molecular formula is C17H10BrCl2F3N2O. The molecule has 0 unspecified atom stereocenters. The van der Waals surface area contributed by atoms with E-state index >= 15 is 0 Å². The lowest BCUT2D eigenvalue weighted by molar-refractivity contribution is -0.141. The van der Waals surface area contributed by atoms with E-state index in [1.807, 2.05) is 12.1 Å². The Morgan fingerprint density at radius 3 is 2.23 bits per heavy atom. The first-order valence-electron chi connectivity index (χ1n) is 7.24. The Bertz CT molecular complexity index is 906. The second-order valence-electron chi connectivity index (χ2n) is 5.26. The predicted molar refractivity (Wildman–Crippen MR) is 97.1 cm³/mol. The van der Waals surface area contributed by atoms with Crippen LogP contribution in [0.5, 0.6) is 5.88 Å². The molecule has 0 aliphatic carbocycles. The first-order valence-corrected chi connectivity index (χ1v) is 8.79. The molecule has 1 aromatic heterocycles. The number of benzene rings is 2. The van der Waals surface area contributed by atoms with Crippen LogP contribution in [0.15, 0.2) is 53.0 Å². The number of para-hydroxylation sites is 1. The average molecular weight is 466 g/mol. The molecular weight excluding hydrogens is 456 g/mol. The van der Waals surface area contributed by atoms with Gasteiger partial charge in [-0.25, -0.2) is 0 Å². The van der Waals surface area contributed by atoms with Crippen molar-refractivity contribution in [3.8, 4) is 11.6 Å². The van der Waals surface area contributed by atoms with Crippen LogP contribution in [-0.2, 0) is 12.8 Å². The highest BCUT2D eigenvalue weighted by Crippen LogP contribution is 2.36.